The van der Waals surface area contributed by atoms with Crippen LogP contribution in [-0.4, -0.2) is 21.4 Å². The molecule has 1 aliphatic rings. The van der Waals surface area contributed by atoms with Gasteiger partial charge in [-0.2, -0.15) is 0 Å². The van der Waals surface area contributed by atoms with Gasteiger partial charge in [0.05, 0.1) is 16.6 Å². The van der Waals surface area contributed by atoms with Crippen LogP contribution in [0.25, 0.3) is 11.0 Å². The van der Waals surface area contributed by atoms with E-state index >= 15 is 0 Å². The van der Waals surface area contributed by atoms with Crippen LogP contribution in [0.2, 0.25) is 0 Å². The Morgan fingerprint density at radius 2 is 1.80 bits per heavy atom. The van der Waals surface area contributed by atoms with Crippen LogP contribution >= 0.6 is 0 Å². The number of amides is 1. The average molecular weight is 270 g/mol. The lowest BCUT2D eigenvalue weighted by Gasteiger charge is -2.31. The predicted octanol–water partition coefficient (Wildman–Crippen LogP) is 2.23. The summed E-state index contributed by atoms with van der Waals surface area (Å²) in [6.45, 7) is 0. The highest BCUT2D eigenvalue weighted by Gasteiger charge is 2.35. The summed E-state index contributed by atoms with van der Waals surface area (Å²) in [4.78, 5) is 20.8. The maximum absolute atomic E-state index is 12.4. The summed E-state index contributed by atoms with van der Waals surface area (Å²) in [5, 5.41) is 2.91. The number of benzene rings is 1. The van der Waals surface area contributed by atoms with Crippen molar-refractivity contribution in [2.75, 3.05) is 5.32 Å². The maximum Gasteiger partial charge on any atom is 0.244 e. The van der Waals surface area contributed by atoms with E-state index in [1.165, 1.54) is 0 Å². The summed E-state index contributed by atoms with van der Waals surface area (Å²) in [6, 6.07) is 5.51. The number of carbonyl (C=O) groups excluding carboxylic acids is 1. The van der Waals surface area contributed by atoms with Crippen molar-refractivity contribution >= 4 is 22.6 Å². The Hall–Kier alpha value is -2.01. The smallest absolute Gasteiger partial charge is 0.244 e. The molecule has 1 fully saturated rings. The largest absolute Gasteiger partial charge is 0.324 e. The highest BCUT2D eigenvalue weighted by Crippen LogP contribution is 2.27. The number of rotatable bonds is 2. The molecule has 0 spiro atoms. The van der Waals surface area contributed by atoms with Crippen molar-refractivity contribution < 1.29 is 4.79 Å². The van der Waals surface area contributed by atoms with E-state index in [2.05, 4.69) is 15.3 Å². The zero-order valence-electron chi connectivity index (χ0n) is 11.3. The molecule has 1 amide bonds. The molecule has 1 aliphatic carbocycles. The topological polar surface area (TPSA) is 80.9 Å². The van der Waals surface area contributed by atoms with Gasteiger partial charge in [-0.15, -0.1) is 0 Å². The minimum Gasteiger partial charge on any atom is -0.324 e. The van der Waals surface area contributed by atoms with Crippen molar-refractivity contribution in [3.63, 3.8) is 0 Å². The fraction of sp³-hybridized carbons (Fsp3) is 0.400. The van der Waals surface area contributed by atoms with Gasteiger partial charge in [0.1, 0.15) is 0 Å². The van der Waals surface area contributed by atoms with Gasteiger partial charge in [0, 0.05) is 18.1 Å². The number of carbonyl (C=O) groups is 1. The molecule has 5 nitrogen and oxygen atoms in total. The first-order valence-corrected chi connectivity index (χ1v) is 6.98. The lowest BCUT2D eigenvalue weighted by atomic mass is 9.82. The number of hydrogen-bond donors (Lipinski definition) is 2. The number of nitrogens with two attached hydrogens (primary N) is 1. The fourth-order valence-electron chi connectivity index (χ4n) is 2.71. The normalized spacial score (nSPS) is 17.9. The van der Waals surface area contributed by atoms with Crippen LogP contribution in [0.1, 0.15) is 32.1 Å². The van der Waals surface area contributed by atoms with Crippen LogP contribution in [0.3, 0.4) is 0 Å². The molecule has 1 heterocycles. The molecule has 0 bridgehead atoms. The van der Waals surface area contributed by atoms with E-state index < -0.39 is 5.54 Å². The van der Waals surface area contributed by atoms with E-state index in [-0.39, 0.29) is 5.91 Å². The highest BCUT2D eigenvalue weighted by molar-refractivity contribution is 5.99. The van der Waals surface area contributed by atoms with Crippen LogP contribution in [0, 0.1) is 0 Å². The quantitative estimate of drug-likeness (QED) is 0.876. The minimum atomic E-state index is -0.727. The first-order valence-electron chi connectivity index (χ1n) is 6.98. The number of fused-ring (bicyclic) bond motifs is 1. The zero-order valence-corrected chi connectivity index (χ0v) is 11.3. The zero-order chi connectivity index (χ0) is 14.0. The van der Waals surface area contributed by atoms with Gasteiger partial charge in [-0.25, -0.2) is 0 Å². The number of anilines is 1. The van der Waals surface area contributed by atoms with Gasteiger partial charge >= 0.3 is 0 Å². The van der Waals surface area contributed by atoms with Crippen LogP contribution in [-0.2, 0) is 4.79 Å². The van der Waals surface area contributed by atoms with Gasteiger partial charge in [-0.1, -0.05) is 19.3 Å². The Morgan fingerprint density at radius 3 is 2.55 bits per heavy atom. The molecule has 0 saturated heterocycles. The van der Waals surface area contributed by atoms with Crippen molar-refractivity contribution in [3.05, 3.63) is 30.6 Å². The Labute approximate surface area is 117 Å². The molecule has 0 atom stereocenters. The molecule has 1 aromatic carbocycles. The second-order valence-corrected chi connectivity index (χ2v) is 5.43. The Kier molecular flexibility index (Phi) is 3.36. The number of nitrogens with one attached hydrogen (secondary N) is 1. The van der Waals surface area contributed by atoms with E-state index in [1.807, 2.05) is 18.2 Å². The Balaban J connectivity index is 1.80. The second-order valence-electron chi connectivity index (χ2n) is 5.43. The lowest BCUT2D eigenvalue weighted by Crippen LogP contribution is -2.52. The average Bonchev–Trinajstić information content (AvgIpc) is 2.48. The van der Waals surface area contributed by atoms with Crippen LogP contribution in [0.15, 0.2) is 30.6 Å². The Morgan fingerprint density at radius 1 is 1.10 bits per heavy atom. The maximum atomic E-state index is 12.4. The van der Waals surface area contributed by atoms with Gasteiger partial charge in [0.2, 0.25) is 5.91 Å². The first kappa shape index (κ1) is 13.0. The summed E-state index contributed by atoms with van der Waals surface area (Å²) in [7, 11) is 0. The molecule has 0 unspecified atom stereocenters. The van der Waals surface area contributed by atoms with Crippen molar-refractivity contribution in [1.29, 1.82) is 0 Å². The third-order valence-corrected chi connectivity index (χ3v) is 3.93. The molecule has 20 heavy (non-hydrogen) atoms. The second kappa shape index (κ2) is 5.17. The first-order chi connectivity index (χ1) is 9.67. The summed E-state index contributed by atoms with van der Waals surface area (Å²) < 4.78 is 0. The van der Waals surface area contributed by atoms with Gasteiger partial charge < -0.3 is 11.1 Å². The van der Waals surface area contributed by atoms with Gasteiger partial charge in [-0.3, -0.25) is 14.8 Å². The van der Waals surface area contributed by atoms with Crippen molar-refractivity contribution in [2.24, 2.45) is 5.73 Å². The monoisotopic (exact) mass is 270 g/mol. The van der Waals surface area contributed by atoms with Gasteiger partial charge in [0.15, 0.2) is 0 Å². The minimum absolute atomic E-state index is 0.0968. The number of nitrogens with zero attached hydrogens (tertiary/aromatic N) is 2. The van der Waals surface area contributed by atoms with Crippen LogP contribution in [0.4, 0.5) is 5.69 Å². The number of aromatic nitrogens is 2. The molecule has 1 saturated carbocycles. The number of hydrogen-bond acceptors (Lipinski definition) is 4. The molecule has 104 valence electrons. The molecule has 3 rings (SSSR count). The molecule has 5 heteroatoms. The van der Waals surface area contributed by atoms with Crippen molar-refractivity contribution in [2.45, 2.75) is 37.6 Å². The van der Waals surface area contributed by atoms with E-state index in [0.717, 1.165) is 48.8 Å². The van der Waals surface area contributed by atoms with Crippen molar-refractivity contribution in [1.82, 2.24) is 9.97 Å². The standard InChI is InChI=1S/C15H18N4O/c16-15(6-2-1-3-7-15)14(20)19-11-4-5-12-13(10-11)18-9-8-17-12/h4-5,8-10H,1-3,6-7,16H2,(H,19,20). The molecule has 0 radical (unpaired) electrons. The molecular formula is C15H18N4O. The lowest BCUT2D eigenvalue weighted by molar-refractivity contribution is -0.122. The summed E-state index contributed by atoms with van der Waals surface area (Å²) in [5.41, 5.74) is 7.79. The molecule has 1 aromatic heterocycles. The SMILES string of the molecule is NC1(C(=O)Nc2ccc3nccnc3c2)CCCCC1. The highest BCUT2D eigenvalue weighted by atomic mass is 16.2. The van der Waals surface area contributed by atoms with Crippen LogP contribution < -0.4 is 11.1 Å². The van der Waals surface area contributed by atoms with Gasteiger partial charge in [-0.05, 0) is 31.0 Å². The third-order valence-electron chi connectivity index (χ3n) is 3.93. The van der Waals surface area contributed by atoms with E-state index in [9.17, 15) is 4.79 Å². The fourth-order valence-corrected chi connectivity index (χ4v) is 2.71. The van der Waals surface area contributed by atoms with Crippen LogP contribution in [0.5, 0.6) is 0 Å². The summed E-state index contributed by atoms with van der Waals surface area (Å²) in [6.07, 6.45) is 8.01. The molecule has 0 aliphatic heterocycles. The molecular weight excluding hydrogens is 252 g/mol. The van der Waals surface area contributed by atoms with E-state index in [4.69, 9.17) is 5.73 Å². The summed E-state index contributed by atoms with van der Waals surface area (Å²) >= 11 is 0. The van der Waals surface area contributed by atoms with E-state index in [1.54, 1.807) is 12.4 Å². The van der Waals surface area contributed by atoms with E-state index in [0.29, 0.717) is 0 Å². The molecule has 2 aromatic rings. The molecule has 3 N–H and O–H groups in total. The summed E-state index contributed by atoms with van der Waals surface area (Å²) in [5.74, 6) is -0.0968. The predicted molar refractivity (Wildman–Crippen MR) is 78.2 cm³/mol. The third kappa shape index (κ3) is 2.49. The Bertz CT molecular complexity index is 635. The van der Waals surface area contributed by atoms with Gasteiger partial charge in [0.25, 0.3) is 0 Å². The van der Waals surface area contributed by atoms with Crippen molar-refractivity contribution in [3.8, 4) is 0 Å².